The first-order chi connectivity index (χ1) is 8.12. The Labute approximate surface area is 102 Å². The Morgan fingerprint density at radius 2 is 2.18 bits per heavy atom. The maximum atomic E-state index is 11.7. The molecule has 0 unspecified atom stereocenters. The molecule has 0 saturated heterocycles. The SMILES string of the molecule is O=C(CC1(C(=O)O)CCCC1)Nc1nncs1. The van der Waals surface area contributed by atoms with E-state index in [1.54, 1.807) is 0 Å². The molecule has 92 valence electrons. The molecule has 0 aromatic carbocycles. The quantitative estimate of drug-likeness (QED) is 0.850. The third-order valence-corrected chi connectivity index (χ3v) is 3.73. The van der Waals surface area contributed by atoms with E-state index in [9.17, 15) is 14.7 Å². The average Bonchev–Trinajstić information content (AvgIpc) is 2.89. The topological polar surface area (TPSA) is 92.2 Å². The number of amides is 1. The fourth-order valence-corrected chi connectivity index (χ4v) is 2.68. The minimum atomic E-state index is -0.880. The molecule has 1 fully saturated rings. The first-order valence-corrected chi connectivity index (χ1v) is 6.30. The number of hydrogen-bond acceptors (Lipinski definition) is 5. The zero-order chi connectivity index (χ0) is 12.3. The van der Waals surface area contributed by atoms with Crippen LogP contribution in [0.5, 0.6) is 0 Å². The molecule has 1 saturated carbocycles. The number of carbonyl (C=O) groups excluding carboxylic acids is 1. The first kappa shape index (κ1) is 12.0. The summed E-state index contributed by atoms with van der Waals surface area (Å²) >= 11 is 1.21. The van der Waals surface area contributed by atoms with E-state index in [1.807, 2.05) is 0 Å². The highest BCUT2D eigenvalue weighted by Gasteiger charge is 2.43. The lowest BCUT2D eigenvalue weighted by molar-refractivity contribution is -0.150. The summed E-state index contributed by atoms with van der Waals surface area (Å²) in [6, 6.07) is 0. The van der Waals surface area contributed by atoms with Crippen LogP contribution in [0.2, 0.25) is 0 Å². The number of carbonyl (C=O) groups is 2. The molecule has 0 atom stereocenters. The molecule has 1 aliphatic rings. The summed E-state index contributed by atoms with van der Waals surface area (Å²) in [5, 5.41) is 19.5. The van der Waals surface area contributed by atoms with Crippen LogP contribution in [0, 0.1) is 5.41 Å². The summed E-state index contributed by atoms with van der Waals surface area (Å²) in [6.45, 7) is 0. The minimum Gasteiger partial charge on any atom is -0.481 e. The lowest BCUT2D eigenvalue weighted by Gasteiger charge is -2.22. The van der Waals surface area contributed by atoms with Gasteiger partial charge in [0.2, 0.25) is 11.0 Å². The molecule has 0 spiro atoms. The van der Waals surface area contributed by atoms with E-state index in [0.717, 1.165) is 12.8 Å². The Balaban J connectivity index is 1.99. The Bertz CT molecular complexity index is 412. The molecule has 1 aliphatic carbocycles. The van der Waals surface area contributed by atoms with Crippen LogP contribution in [0.1, 0.15) is 32.1 Å². The van der Waals surface area contributed by atoms with Gasteiger partial charge >= 0.3 is 5.97 Å². The van der Waals surface area contributed by atoms with Crippen molar-refractivity contribution in [1.82, 2.24) is 10.2 Å². The van der Waals surface area contributed by atoms with Crippen LogP contribution >= 0.6 is 11.3 Å². The van der Waals surface area contributed by atoms with Crippen LogP contribution in [0.25, 0.3) is 0 Å². The van der Waals surface area contributed by atoms with Crippen LogP contribution in [-0.4, -0.2) is 27.2 Å². The Hall–Kier alpha value is -1.50. The molecule has 0 bridgehead atoms. The number of rotatable bonds is 4. The second-order valence-electron chi connectivity index (χ2n) is 4.26. The maximum Gasteiger partial charge on any atom is 0.310 e. The number of anilines is 1. The summed E-state index contributed by atoms with van der Waals surface area (Å²) in [7, 11) is 0. The van der Waals surface area contributed by atoms with Crippen LogP contribution < -0.4 is 5.32 Å². The number of carboxylic acids is 1. The number of hydrogen-bond donors (Lipinski definition) is 2. The van der Waals surface area contributed by atoms with E-state index in [1.165, 1.54) is 16.8 Å². The van der Waals surface area contributed by atoms with Gasteiger partial charge < -0.3 is 10.4 Å². The molecule has 0 radical (unpaired) electrons. The van der Waals surface area contributed by atoms with Gasteiger partial charge in [0.1, 0.15) is 5.51 Å². The van der Waals surface area contributed by atoms with Gasteiger partial charge in [0.15, 0.2) is 0 Å². The molecule has 2 rings (SSSR count). The molecule has 17 heavy (non-hydrogen) atoms. The van der Waals surface area contributed by atoms with Gasteiger partial charge in [-0.1, -0.05) is 24.2 Å². The van der Waals surface area contributed by atoms with E-state index in [4.69, 9.17) is 0 Å². The summed E-state index contributed by atoms with van der Waals surface area (Å²) < 4.78 is 0. The largest absolute Gasteiger partial charge is 0.481 e. The minimum absolute atomic E-state index is 0.0158. The van der Waals surface area contributed by atoms with E-state index in [-0.39, 0.29) is 12.3 Å². The van der Waals surface area contributed by atoms with Crippen molar-refractivity contribution in [3.63, 3.8) is 0 Å². The molecule has 1 amide bonds. The van der Waals surface area contributed by atoms with E-state index < -0.39 is 11.4 Å². The van der Waals surface area contributed by atoms with E-state index in [0.29, 0.717) is 18.0 Å². The number of nitrogens with zero attached hydrogens (tertiary/aromatic N) is 2. The second kappa shape index (κ2) is 4.79. The van der Waals surface area contributed by atoms with Crippen molar-refractivity contribution >= 4 is 28.3 Å². The highest BCUT2D eigenvalue weighted by Crippen LogP contribution is 2.41. The van der Waals surface area contributed by atoms with Crippen molar-refractivity contribution in [3.8, 4) is 0 Å². The summed E-state index contributed by atoms with van der Waals surface area (Å²) in [6.07, 6.45) is 2.91. The lowest BCUT2D eigenvalue weighted by Crippen LogP contribution is -2.32. The Morgan fingerprint density at radius 1 is 1.47 bits per heavy atom. The fourth-order valence-electron chi connectivity index (χ4n) is 2.22. The van der Waals surface area contributed by atoms with Crippen molar-refractivity contribution in [2.45, 2.75) is 32.1 Å². The Morgan fingerprint density at radius 3 is 2.71 bits per heavy atom. The Kier molecular flexibility index (Phi) is 3.37. The summed E-state index contributed by atoms with van der Waals surface area (Å²) in [5.74, 6) is -1.17. The predicted octanol–water partition coefficient (Wildman–Crippen LogP) is 1.51. The van der Waals surface area contributed by atoms with Crippen LogP contribution in [0.15, 0.2) is 5.51 Å². The zero-order valence-corrected chi connectivity index (χ0v) is 10.00. The van der Waals surface area contributed by atoms with Crippen LogP contribution in [0.4, 0.5) is 5.13 Å². The summed E-state index contributed by atoms with van der Waals surface area (Å²) in [4.78, 5) is 23.0. The molecule has 7 heteroatoms. The molecular weight excluding hydrogens is 242 g/mol. The molecule has 6 nitrogen and oxygen atoms in total. The molecule has 1 aromatic heterocycles. The molecule has 0 aliphatic heterocycles. The molecular formula is C10H13N3O3S. The van der Waals surface area contributed by atoms with Gasteiger partial charge in [-0.05, 0) is 12.8 Å². The third-order valence-electron chi connectivity index (χ3n) is 3.12. The van der Waals surface area contributed by atoms with E-state index >= 15 is 0 Å². The van der Waals surface area contributed by atoms with Gasteiger partial charge in [-0.25, -0.2) is 0 Å². The average molecular weight is 255 g/mol. The maximum absolute atomic E-state index is 11.7. The van der Waals surface area contributed by atoms with Crippen LogP contribution in [0.3, 0.4) is 0 Å². The van der Waals surface area contributed by atoms with Gasteiger partial charge in [0.25, 0.3) is 0 Å². The highest BCUT2D eigenvalue weighted by atomic mass is 32.1. The number of aliphatic carboxylic acids is 1. The van der Waals surface area contributed by atoms with Crippen molar-refractivity contribution in [1.29, 1.82) is 0 Å². The zero-order valence-electron chi connectivity index (χ0n) is 9.18. The number of aromatic nitrogens is 2. The number of nitrogens with one attached hydrogen (secondary N) is 1. The van der Waals surface area contributed by atoms with Crippen molar-refractivity contribution in [2.75, 3.05) is 5.32 Å². The normalized spacial score (nSPS) is 17.9. The van der Waals surface area contributed by atoms with Crippen molar-refractivity contribution in [3.05, 3.63) is 5.51 Å². The van der Waals surface area contributed by atoms with Crippen molar-refractivity contribution in [2.24, 2.45) is 5.41 Å². The highest BCUT2D eigenvalue weighted by molar-refractivity contribution is 7.13. The standard InChI is InChI=1S/C10H13N3O3S/c14-7(12-9-13-11-6-17-9)5-10(8(15)16)3-1-2-4-10/h6H,1-5H2,(H,15,16)(H,12,13,14). The monoisotopic (exact) mass is 255 g/mol. The van der Waals surface area contributed by atoms with Gasteiger partial charge in [-0.3, -0.25) is 9.59 Å². The van der Waals surface area contributed by atoms with Gasteiger partial charge in [-0.15, -0.1) is 10.2 Å². The smallest absolute Gasteiger partial charge is 0.310 e. The van der Waals surface area contributed by atoms with Crippen LogP contribution in [-0.2, 0) is 9.59 Å². The van der Waals surface area contributed by atoms with Crippen molar-refractivity contribution < 1.29 is 14.7 Å². The molecule has 1 heterocycles. The molecule has 1 aromatic rings. The predicted molar refractivity (Wildman–Crippen MR) is 61.7 cm³/mol. The number of carboxylic acid groups (broad SMARTS) is 1. The first-order valence-electron chi connectivity index (χ1n) is 5.42. The molecule has 2 N–H and O–H groups in total. The van der Waals surface area contributed by atoms with E-state index in [2.05, 4.69) is 15.5 Å². The second-order valence-corrected chi connectivity index (χ2v) is 5.09. The lowest BCUT2D eigenvalue weighted by atomic mass is 9.82. The third kappa shape index (κ3) is 2.60. The van der Waals surface area contributed by atoms with Gasteiger partial charge in [0, 0.05) is 6.42 Å². The van der Waals surface area contributed by atoms with Gasteiger partial charge in [-0.2, -0.15) is 0 Å². The summed E-state index contributed by atoms with van der Waals surface area (Å²) in [5.41, 5.74) is 0.632. The fraction of sp³-hybridized carbons (Fsp3) is 0.600. The van der Waals surface area contributed by atoms with Gasteiger partial charge in [0.05, 0.1) is 5.41 Å².